The molecule has 0 saturated heterocycles. The highest BCUT2D eigenvalue weighted by Gasteiger charge is 2.26. The molecule has 14 aromatic rings. The number of fused-ring (bicyclic) bond motifs is 12. The maximum Gasteiger partial charge on any atom is 0.0542 e. The smallest absolute Gasteiger partial charge is 0.0542 e. The highest BCUT2D eigenvalue weighted by molar-refractivity contribution is 6.14. The van der Waals surface area contributed by atoms with E-state index >= 15 is 0 Å². The Balaban J connectivity index is 0.892. The lowest BCUT2D eigenvalue weighted by molar-refractivity contribution is 0.523. The van der Waals surface area contributed by atoms with Crippen LogP contribution in [0.1, 0.15) is 51.3 Å². The molecule has 0 aliphatic heterocycles. The van der Waals surface area contributed by atoms with E-state index in [1.165, 1.54) is 121 Å². The lowest BCUT2D eigenvalue weighted by atomic mass is 9.78. The van der Waals surface area contributed by atoms with Gasteiger partial charge in [-0.05, 0) is 143 Å². The molecule has 4 heterocycles. The number of nitrogens with zero attached hydrogens (tertiary/aromatic N) is 4. The summed E-state index contributed by atoms with van der Waals surface area (Å²) in [5, 5.41) is 10.1. The predicted octanol–water partition coefficient (Wildman–Crippen LogP) is 17.9. The summed E-state index contributed by atoms with van der Waals surface area (Å²) in [4.78, 5) is 0. The predicted molar refractivity (Wildman–Crippen MR) is 306 cm³/mol. The fraction of sp³-hybridized carbons (Fsp3) is 0.118. The molecule has 0 bridgehead atoms. The van der Waals surface area contributed by atoms with Crippen LogP contribution in [0.3, 0.4) is 0 Å². The van der Waals surface area contributed by atoms with Crippen molar-refractivity contribution >= 4 is 87.2 Å². The number of rotatable bonds is 7. The summed E-state index contributed by atoms with van der Waals surface area (Å²) >= 11 is 0. The van der Waals surface area contributed by atoms with E-state index in [2.05, 4.69) is 277 Å². The summed E-state index contributed by atoms with van der Waals surface area (Å²) < 4.78 is 9.77. The molecule has 0 amide bonds. The molecule has 72 heavy (non-hydrogen) atoms. The lowest BCUT2D eigenvalue weighted by Gasteiger charge is -2.26. The van der Waals surface area contributed by atoms with Crippen molar-refractivity contribution in [3.8, 4) is 22.7 Å². The van der Waals surface area contributed by atoms with E-state index in [-0.39, 0.29) is 10.8 Å². The SMILES string of the molecule is CC(C)(C)c1cccc(-n2c3ccc(CC(C)(C)c4ccc5c(c4)c4ccccc4n5-c4ccc5c(c4)c4ccccc4n5-c4ccccc4)cc3c3cc(-n4c5ccccc5c5ccccc54)ccc32)c1. The minimum atomic E-state index is -0.170. The molecule has 14 rings (SSSR count). The second-order valence-electron chi connectivity index (χ2n) is 21.6. The van der Waals surface area contributed by atoms with Gasteiger partial charge in [0.05, 0.1) is 44.1 Å². The van der Waals surface area contributed by atoms with E-state index in [1.807, 2.05) is 0 Å². The molecule has 0 unspecified atom stereocenters. The first-order valence-corrected chi connectivity index (χ1v) is 25.4. The molecule has 0 N–H and O–H groups in total. The second kappa shape index (κ2) is 15.7. The first kappa shape index (κ1) is 42.3. The monoisotopic (exact) mass is 926 g/mol. The fourth-order valence-corrected chi connectivity index (χ4v) is 12.1. The summed E-state index contributed by atoms with van der Waals surface area (Å²) in [7, 11) is 0. The quantitative estimate of drug-likeness (QED) is 0.152. The molecular formula is C68H54N4. The van der Waals surface area contributed by atoms with Gasteiger partial charge in [0.15, 0.2) is 0 Å². The van der Waals surface area contributed by atoms with Gasteiger partial charge in [0, 0.05) is 65.8 Å². The molecule has 0 saturated carbocycles. The van der Waals surface area contributed by atoms with Crippen LogP contribution < -0.4 is 0 Å². The fourth-order valence-electron chi connectivity index (χ4n) is 12.1. The third kappa shape index (κ3) is 6.45. The summed E-state index contributed by atoms with van der Waals surface area (Å²) in [5.41, 5.74) is 18.2. The first-order valence-electron chi connectivity index (χ1n) is 25.4. The van der Waals surface area contributed by atoms with Gasteiger partial charge in [-0.25, -0.2) is 0 Å². The average molecular weight is 927 g/mol. The van der Waals surface area contributed by atoms with Crippen LogP contribution in [0.2, 0.25) is 0 Å². The Kier molecular flexibility index (Phi) is 9.22. The Morgan fingerprint density at radius 1 is 0.264 bits per heavy atom. The molecular weight excluding hydrogens is 873 g/mol. The Hall–Kier alpha value is -8.60. The Bertz CT molecular complexity index is 4430. The highest BCUT2D eigenvalue weighted by atomic mass is 15.0. The van der Waals surface area contributed by atoms with Crippen LogP contribution in [-0.4, -0.2) is 18.3 Å². The minimum Gasteiger partial charge on any atom is -0.309 e. The van der Waals surface area contributed by atoms with Crippen molar-refractivity contribution in [1.29, 1.82) is 0 Å². The van der Waals surface area contributed by atoms with Crippen LogP contribution in [0.15, 0.2) is 224 Å². The van der Waals surface area contributed by atoms with Gasteiger partial charge in [0.25, 0.3) is 0 Å². The van der Waals surface area contributed by atoms with Crippen molar-refractivity contribution in [2.75, 3.05) is 0 Å². The molecule has 0 aliphatic carbocycles. The van der Waals surface area contributed by atoms with Crippen LogP contribution in [0.25, 0.3) is 110 Å². The topological polar surface area (TPSA) is 19.7 Å². The first-order chi connectivity index (χ1) is 35.1. The van der Waals surface area contributed by atoms with Crippen molar-refractivity contribution in [3.05, 3.63) is 241 Å². The van der Waals surface area contributed by atoms with Crippen molar-refractivity contribution in [3.63, 3.8) is 0 Å². The number of hydrogen-bond donors (Lipinski definition) is 0. The normalized spacial score (nSPS) is 12.6. The Morgan fingerprint density at radius 2 is 0.639 bits per heavy atom. The minimum absolute atomic E-state index is 0.0227. The van der Waals surface area contributed by atoms with Crippen molar-refractivity contribution in [2.24, 2.45) is 0 Å². The largest absolute Gasteiger partial charge is 0.309 e. The lowest BCUT2D eigenvalue weighted by Crippen LogP contribution is -2.20. The molecule has 4 nitrogen and oxygen atoms in total. The Morgan fingerprint density at radius 3 is 1.17 bits per heavy atom. The number of para-hydroxylation sites is 5. The zero-order chi connectivity index (χ0) is 48.5. The van der Waals surface area contributed by atoms with Gasteiger partial charge in [-0.3, -0.25) is 0 Å². The molecule has 0 aliphatic rings. The van der Waals surface area contributed by atoms with Gasteiger partial charge in [-0.2, -0.15) is 0 Å². The van der Waals surface area contributed by atoms with Crippen molar-refractivity contribution in [2.45, 2.75) is 51.9 Å². The van der Waals surface area contributed by atoms with E-state index in [4.69, 9.17) is 0 Å². The maximum absolute atomic E-state index is 2.48. The van der Waals surface area contributed by atoms with E-state index < -0.39 is 0 Å². The summed E-state index contributed by atoms with van der Waals surface area (Å²) in [6.45, 7) is 11.7. The molecule has 4 heteroatoms. The molecule has 10 aromatic carbocycles. The zero-order valence-electron chi connectivity index (χ0n) is 41.4. The van der Waals surface area contributed by atoms with E-state index in [1.54, 1.807) is 0 Å². The van der Waals surface area contributed by atoms with Crippen LogP contribution in [0.5, 0.6) is 0 Å². The average Bonchev–Trinajstić information content (AvgIpc) is 4.13. The molecule has 0 atom stereocenters. The molecule has 0 fully saturated rings. The third-order valence-corrected chi connectivity index (χ3v) is 15.7. The molecule has 4 aromatic heterocycles. The Labute approximate surface area is 419 Å². The van der Waals surface area contributed by atoms with Crippen LogP contribution in [-0.2, 0) is 17.3 Å². The number of hydrogen-bond acceptors (Lipinski definition) is 0. The second-order valence-corrected chi connectivity index (χ2v) is 21.6. The van der Waals surface area contributed by atoms with Crippen LogP contribution >= 0.6 is 0 Å². The van der Waals surface area contributed by atoms with Gasteiger partial charge in [0.2, 0.25) is 0 Å². The van der Waals surface area contributed by atoms with Gasteiger partial charge in [-0.1, -0.05) is 150 Å². The summed E-state index contributed by atoms with van der Waals surface area (Å²) in [6.07, 6.45) is 0.883. The van der Waals surface area contributed by atoms with Crippen molar-refractivity contribution in [1.82, 2.24) is 18.3 Å². The van der Waals surface area contributed by atoms with Crippen LogP contribution in [0.4, 0.5) is 0 Å². The zero-order valence-corrected chi connectivity index (χ0v) is 41.4. The maximum atomic E-state index is 2.48. The number of aromatic nitrogens is 4. The highest BCUT2D eigenvalue weighted by Crippen LogP contribution is 2.42. The van der Waals surface area contributed by atoms with Crippen LogP contribution in [0, 0.1) is 0 Å². The summed E-state index contributed by atoms with van der Waals surface area (Å²) in [6, 6.07) is 83.6. The molecule has 0 spiro atoms. The molecule has 346 valence electrons. The van der Waals surface area contributed by atoms with E-state index in [0.717, 1.165) is 12.1 Å². The van der Waals surface area contributed by atoms with Gasteiger partial charge in [0.1, 0.15) is 0 Å². The van der Waals surface area contributed by atoms with Gasteiger partial charge >= 0.3 is 0 Å². The third-order valence-electron chi connectivity index (χ3n) is 15.7. The van der Waals surface area contributed by atoms with E-state index in [0.29, 0.717) is 0 Å². The van der Waals surface area contributed by atoms with E-state index in [9.17, 15) is 0 Å². The number of benzene rings is 10. The molecule has 0 radical (unpaired) electrons. The summed E-state index contributed by atoms with van der Waals surface area (Å²) in [5.74, 6) is 0. The standard InChI is InChI=1S/C68H54N4/c1-67(2,3)45-18-17-21-48(39-45)70-63-34-30-44(38-55(63)58-42-50(33-37-66(58)70)71-59-26-13-9-22-51(59)52-23-10-14-27-60(52)71)43-68(4,5)46-31-35-64-56(40-46)53-24-11-16-29-62(53)72(64)49-32-36-65-57(41-49)54-25-12-15-28-61(54)69(65)47-19-7-6-8-20-47/h6-42H,43H2,1-5H3. The van der Waals surface area contributed by atoms with Gasteiger partial charge in [-0.15, -0.1) is 0 Å². The van der Waals surface area contributed by atoms with Crippen molar-refractivity contribution < 1.29 is 0 Å². The van der Waals surface area contributed by atoms with Gasteiger partial charge < -0.3 is 18.3 Å².